The van der Waals surface area contributed by atoms with Crippen molar-refractivity contribution in [2.45, 2.75) is 6.92 Å². The SMILES string of the molecule is COc1cccc(-c2c(C#N)nnn2-c2ccc(C)cc2)c1. The van der Waals surface area contributed by atoms with Crippen molar-refractivity contribution >= 4 is 0 Å². The zero-order chi connectivity index (χ0) is 15.5. The number of benzene rings is 2. The van der Waals surface area contributed by atoms with Gasteiger partial charge in [-0.1, -0.05) is 35.0 Å². The maximum Gasteiger partial charge on any atom is 0.191 e. The van der Waals surface area contributed by atoms with E-state index in [1.54, 1.807) is 11.8 Å². The lowest BCUT2D eigenvalue weighted by Crippen LogP contribution is -2.00. The lowest BCUT2D eigenvalue weighted by molar-refractivity contribution is 0.415. The molecule has 0 fully saturated rings. The fraction of sp³-hybridized carbons (Fsp3) is 0.118. The fourth-order valence-corrected chi connectivity index (χ4v) is 2.25. The first-order valence-corrected chi connectivity index (χ1v) is 6.80. The molecule has 108 valence electrons. The summed E-state index contributed by atoms with van der Waals surface area (Å²) >= 11 is 0. The smallest absolute Gasteiger partial charge is 0.191 e. The van der Waals surface area contributed by atoms with Crippen molar-refractivity contribution in [1.29, 1.82) is 5.26 Å². The van der Waals surface area contributed by atoms with Gasteiger partial charge in [-0.3, -0.25) is 0 Å². The van der Waals surface area contributed by atoms with E-state index in [4.69, 9.17) is 4.74 Å². The van der Waals surface area contributed by atoms with Crippen molar-refractivity contribution in [2.24, 2.45) is 0 Å². The average Bonchev–Trinajstić information content (AvgIpc) is 2.99. The third kappa shape index (κ3) is 2.42. The van der Waals surface area contributed by atoms with Gasteiger partial charge in [-0.2, -0.15) is 5.26 Å². The van der Waals surface area contributed by atoms with E-state index in [1.807, 2.05) is 55.5 Å². The molecule has 3 aromatic rings. The molecule has 0 unspecified atom stereocenters. The van der Waals surface area contributed by atoms with Gasteiger partial charge in [0.1, 0.15) is 17.5 Å². The number of hydrogen-bond acceptors (Lipinski definition) is 4. The second-order valence-electron chi connectivity index (χ2n) is 4.88. The molecule has 0 radical (unpaired) electrons. The lowest BCUT2D eigenvalue weighted by Gasteiger charge is -2.08. The van der Waals surface area contributed by atoms with E-state index in [2.05, 4.69) is 16.4 Å². The summed E-state index contributed by atoms with van der Waals surface area (Å²) in [4.78, 5) is 0. The van der Waals surface area contributed by atoms with Crippen LogP contribution >= 0.6 is 0 Å². The van der Waals surface area contributed by atoms with Gasteiger partial charge < -0.3 is 4.74 Å². The largest absolute Gasteiger partial charge is 0.497 e. The molecule has 1 heterocycles. The summed E-state index contributed by atoms with van der Waals surface area (Å²) in [5, 5.41) is 17.4. The summed E-state index contributed by atoms with van der Waals surface area (Å²) in [5.74, 6) is 0.720. The van der Waals surface area contributed by atoms with Crippen molar-refractivity contribution in [3.8, 4) is 28.8 Å². The van der Waals surface area contributed by atoms with E-state index in [9.17, 15) is 5.26 Å². The molecule has 0 amide bonds. The van der Waals surface area contributed by atoms with Gasteiger partial charge in [-0.25, -0.2) is 4.68 Å². The minimum absolute atomic E-state index is 0.286. The highest BCUT2D eigenvalue weighted by atomic mass is 16.5. The summed E-state index contributed by atoms with van der Waals surface area (Å²) in [6, 6.07) is 17.5. The Balaban J connectivity index is 2.19. The summed E-state index contributed by atoms with van der Waals surface area (Å²) in [5.41, 5.74) is 3.80. The van der Waals surface area contributed by atoms with Gasteiger partial charge in [0.2, 0.25) is 0 Å². The molecule has 1 aromatic heterocycles. The molecule has 0 atom stereocenters. The highest BCUT2D eigenvalue weighted by molar-refractivity contribution is 5.68. The number of rotatable bonds is 3. The lowest BCUT2D eigenvalue weighted by atomic mass is 10.1. The van der Waals surface area contributed by atoms with Crippen LogP contribution in [0.15, 0.2) is 48.5 Å². The van der Waals surface area contributed by atoms with Crippen LogP contribution in [0.4, 0.5) is 0 Å². The number of aromatic nitrogens is 3. The van der Waals surface area contributed by atoms with E-state index in [1.165, 1.54) is 0 Å². The topological polar surface area (TPSA) is 63.7 Å². The maximum absolute atomic E-state index is 9.31. The van der Waals surface area contributed by atoms with E-state index >= 15 is 0 Å². The van der Waals surface area contributed by atoms with Crippen molar-refractivity contribution < 1.29 is 4.74 Å². The van der Waals surface area contributed by atoms with Gasteiger partial charge in [-0.05, 0) is 31.2 Å². The Morgan fingerprint density at radius 2 is 1.91 bits per heavy atom. The molecule has 0 spiro atoms. The first-order chi connectivity index (χ1) is 10.7. The highest BCUT2D eigenvalue weighted by Crippen LogP contribution is 2.27. The Labute approximate surface area is 128 Å². The van der Waals surface area contributed by atoms with Crippen molar-refractivity contribution in [3.05, 3.63) is 59.8 Å². The summed E-state index contributed by atoms with van der Waals surface area (Å²) in [6.45, 7) is 2.02. The van der Waals surface area contributed by atoms with Crippen LogP contribution < -0.4 is 4.74 Å². The number of aryl methyl sites for hydroxylation is 1. The molecule has 0 N–H and O–H groups in total. The number of nitriles is 1. The third-order valence-electron chi connectivity index (χ3n) is 3.40. The molecule has 0 saturated carbocycles. The average molecular weight is 290 g/mol. The maximum atomic E-state index is 9.31. The predicted octanol–water partition coefficient (Wildman–Crippen LogP) is 3.12. The van der Waals surface area contributed by atoms with Crippen LogP contribution in [0.2, 0.25) is 0 Å². The van der Waals surface area contributed by atoms with Crippen molar-refractivity contribution in [1.82, 2.24) is 15.0 Å². The molecule has 5 heteroatoms. The van der Waals surface area contributed by atoms with E-state index in [-0.39, 0.29) is 5.69 Å². The zero-order valence-electron chi connectivity index (χ0n) is 12.3. The Hall–Kier alpha value is -3.13. The Morgan fingerprint density at radius 3 is 2.59 bits per heavy atom. The Kier molecular flexibility index (Phi) is 3.58. The monoisotopic (exact) mass is 290 g/mol. The molecule has 0 saturated heterocycles. The van der Waals surface area contributed by atoms with Gasteiger partial charge in [0.15, 0.2) is 5.69 Å². The van der Waals surface area contributed by atoms with E-state index in [0.717, 1.165) is 22.6 Å². The van der Waals surface area contributed by atoms with Crippen LogP contribution in [-0.4, -0.2) is 22.1 Å². The van der Waals surface area contributed by atoms with Gasteiger partial charge in [0, 0.05) is 5.56 Å². The van der Waals surface area contributed by atoms with Crippen LogP contribution in [-0.2, 0) is 0 Å². The van der Waals surface area contributed by atoms with Crippen LogP contribution in [0.5, 0.6) is 5.75 Å². The number of hydrogen-bond donors (Lipinski definition) is 0. The quantitative estimate of drug-likeness (QED) is 0.743. The first kappa shape index (κ1) is 13.8. The van der Waals surface area contributed by atoms with E-state index in [0.29, 0.717) is 5.69 Å². The standard InChI is InChI=1S/C17H14N4O/c1-12-6-8-14(9-7-12)21-17(16(11-18)19-20-21)13-4-3-5-15(10-13)22-2/h3-10H,1-2H3. The minimum atomic E-state index is 0.286. The van der Waals surface area contributed by atoms with Crippen LogP contribution in [0.3, 0.4) is 0 Å². The number of methoxy groups -OCH3 is 1. The normalized spacial score (nSPS) is 10.2. The summed E-state index contributed by atoms with van der Waals surface area (Å²) in [6.07, 6.45) is 0. The van der Waals surface area contributed by atoms with E-state index < -0.39 is 0 Å². The van der Waals surface area contributed by atoms with Crippen LogP contribution in [0, 0.1) is 18.3 Å². The molecule has 0 aliphatic heterocycles. The van der Waals surface area contributed by atoms with Gasteiger partial charge in [-0.15, -0.1) is 5.10 Å². The molecular weight excluding hydrogens is 276 g/mol. The molecule has 0 bridgehead atoms. The number of nitrogens with zero attached hydrogens (tertiary/aromatic N) is 4. The van der Waals surface area contributed by atoms with Crippen molar-refractivity contribution in [2.75, 3.05) is 7.11 Å². The second kappa shape index (κ2) is 5.70. The minimum Gasteiger partial charge on any atom is -0.497 e. The zero-order valence-corrected chi connectivity index (χ0v) is 12.3. The first-order valence-electron chi connectivity index (χ1n) is 6.80. The van der Waals surface area contributed by atoms with Gasteiger partial charge in [0.25, 0.3) is 0 Å². The predicted molar refractivity (Wildman–Crippen MR) is 82.8 cm³/mol. The van der Waals surface area contributed by atoms with Crippen LogP contribution in [0.1, 0.15) is 11.3 Å². The summed E-state index contributed by atoms with van der Waals surface area (Å²) < 4.78 is 6.93. The highest BCUT2D eigenvalue weighted by Gasteiger charge is 2.16. The molecule has 0 aliphatic carbocycles. The molecular formula is C17H14N4O. The van der Waals surface area contributed by atoms with Crippen molar-refractivity contribution in [3.63, 3.8) is 0 Å². The Morgan fingerprint density at radius 1 is 1.14 bits per heavy atom. The molecule has 22 heavy (non-hydrogen) atoms. The molecule has 0 aliphatic rings. The Bertz CT molecular complexity index is 844. The third-order valence-corrected chi connectivity index (χ3v) is 3.40. The fourth-order valence-electron chi connectivity index (χ4n) is 2.25. The second-order valence-corrected chi connectivity index (χ2v) is 4.88. The summed E-state index contributed by atoms with van der Waals surface area (Å²) in [7, 11) is 1.61. The van der Waals surface area contributed by atoms with Gasteiger partial charge in [0.05, 0.1) is 12.8 Å². The molecule has 5 nitrogen and oxygen atoms in total. The molecule has 3 rings (SSSR count). The van der Waals surface area contributed by atoms with Crippen LogP contribution in [0.25, 0.3) is 16.9 Å². The van der Waals surface area contributed by atoms with Gasteiger partial charge >= 0.3 is 0 Å². The molecule has 2 aromatic carbocycles. The number of ether oxygens (including phenoxy) is 1.